The lowest BCUT2D eigenvalue weighted by Gasteiger charge is -2.30. The van der Waals surface area contributed by atoms with E-state index in [4.69, 9.17) is 9.47 Å². The lowest BCUT2D eigenvalue weighted by atomic mass is 9.82. The first-order valence-electron chi connectivity index (χ1n) is 11.4. The lowest BCUT2D eigenvalue weighted by Crippen LogP contribution is -2.43. The Kier molecular flexibility index (Phi) is 6.90. The molecule has 5 heteroatoms. The molecule has 1 atom stereocenters. The summed E-state index contributed by atoms with van der Waals surface area (Å²) in [4.78, 5) is 24.8. The molecule has 0 heterocycles. The predicted molar refractivity (Wildman–Crippen MR) is 120 cm³/mol. The van der Waals surface area contributed by atoms with Crippen LogP contribution in [0.2, 0.25) is 0 Å². The molecule has 0 bridgehead atoms. The van der Waals surface area contributed by atoms with Crippen molar-refractivity contribution in [2.75, 3.05) is 13.2 Å². The fourth-order valence-corrected chi connectivity index (χ4v) is 5.06. The summed E-state index contributed by atoms with van der Waals surface area (Å²) in [6, 6.07) is 16.3. The third-order valence-corrected chi connectivity index (χ3v) is 6.56. The average Bonchev–Trinajstić information content (AvgIpc) is 3.12. The number of amides is 1. The number of esters is 1. The molecule has 1 amide bonds. The van der Waals surface area contributed by atoms with E-state index in [1.54, 1.807) is 6.92 Å². The smallest absolute Gasteiger partial charge is 0.407 e. The lowest BCUT2D eigenvalue weighted by molar-refractivity contribution is -0.144. The first-order chi connectivity index (χ1) is 15.2. The van der Waals surface area contributed by atoms with Crippen LogP contribution < -0.4 is 5.32 Å². The fourth-order valence-electron chi connectivity index (χ4n) is 5.06. The van der Waals surface area contributed by atoms with Crippen LogP contribution in [0.3, 0.4) is 0 Å². The fraction of sp³-hybridized carbons (Fsp3) is 0.462. The zero-order chi connectivity index (χ0) is 21.6. The number of benzene rings is 2. The van der Waals surface area contributed by atoms with E-state index in [0.29, 0.717) is 12.5 Å². The molecule has 0 saturated heterocycles. The summed E-state index contributed by atoms with van der Waals surface area (Å²) in [7, 11) is 0. The minimum absolute atomic E-state index is 0.0244. The van der Waals surface area contributed by atoms with Crippen molar-refractivity contribution in [3.63, 3.8) is 0 Å². The summed E-state index contributed by atoms with van der Waals surface area (Å²) in [6.45, 7) is 2.42. The minimum atomic E-state index is -0.457. The second-order valence-corrected chi connectivity index (χ2v) is 8.48. The molecule has 5 nitrogen and oxygen atoms in total. The summed E-state index contributed by atoms with van der Waals surface area (Å²) in [6.07, 6.45) is 5.27. The van der Waals surface area contributed by atoms with E-state index in [0.717, 1.165) is 25.7 Å². The van der Waals surface area contributed by atoms with Crippen molar-refractivity contribution in [3.8, 4) is 11.1 Å². The van der Waals surface area contributed by atoms with Crippen molar-refractivity contribution < 1.29 is 19.1 Å². The second kappa shape index (κ2) is 9.99. The van der Waals surface area contributed by atoms with Crippen molar-refractivity contribution in [2.45, 2.75) is 57.4 Å². The summed E-state index contributed by atoms with van der Waals surface area (Å²) >= 11 is 0. The second-order valence-electron chi connectivity index (χ2n) is 8.48. The van der Waals surface area contributed by atoms with Crippen LogP contribution in [0.4, 0.5) is 4.79 Å². The number of hydrogen-bond donors (Lipinski definition) is 1. The van der Waals surface area contributed by atoms with Gasteiger partial charge in [0.05, 0.1) is 13.0 Å². The van der Waals surface area contributed by atoms with Crippen molar-refractivity contribution in [3.05, 3.63) is 59.7 Å². The van der Waals surface area contributed by atoms with Gasteiger partial charge >= 0.3 is 12.1 Å². The molecule has 31 heavy (non-hydrogen) atoms. The normalized spacial score (nSPS) is 16.8. The number of rotatable bonds is 7. The molecule has 1 saturated carbocycles. The largest absolute Gasteiger partial charge is 0.466 e. The molecule has 0 radical (unpaired) electrons. The van der Waals surface area contributed by atoms with Crippen LogP contribution in [0.5, 0.6) is 0 Å². The molecule has 2 aromatic rings. The Bertz CT molecular complexity index is 874. The maximum absolute atomic E-state index is 12.7. The molecule has 0 aliphatic heterocycles. The maximum atomic E-state index is 12.7. The summed E-state index contributed by atoms with van der Waals surface area (Å²) in [5.74, 6) is 0.0481. The van der Waals surface area contributed by atoms with Crippen LogP contribution in [0.15, 0.2) is 48.5 Å². The topological polar surface area (TPSA) is 64.6 Å². The van der Waals surface area contributed by atoms with Gasteiger partial charge in [0.15, 0.2) is 0 Å². The summed E-state index contributed by atoms with van der Waals surface area (Å²) < 4.78 is 10.8. The zero-order valence-corrected chi connectivity index (χ0v) is 18.1. The van der Waals surface area contributed by atoms with E-state index in [1.807, 2.05) is 24.3 Å². The molecule has 164 valence electrons. The standard InChI is InChI=1S/C26H31NO4/c1-2-30-25(28)16-24(18-10-4-3-5-11-18)27-26(29)31-17-23-21-14-8-6-12-19(21)20-13-7-9-15-22(20)23/h6-9,12-15,18,23-24H,2-5,10-11,16-17H2,1H3,(H,27,29)/t24-/m0/s1. The summed E-state index contributed by atoms with van der Waals surface area (Å²) in [5, 5.41) is 2.99. The van der Waals surface area contributed by atoms with Gasteiger partial charge in [-0.15, -0.1) is 0 Å². The van der Waals surface area contributed by atoms with E-state index < -0.39 is 6.09 Å². The Morgan fingerprint density at radius 3 is 2.16 bits per heavy atom. The number of alkyl carbamates (subject to hydrolysis) is 1. The monoisotopic (exact) mass is 421 g/mol. The van der Waals surface area contributed by atoms with E-state index in [-0.39, 0.29) is 31.0 Å². The molecule has 0 aromatic heterocycles. The Morgan fingerprint density at radius 2 is 1.55 bits per heavy atom. The maximum Gasteiger partial charge on any atom is 0.407 e. The number of carbonyl (C=O) groups excluding carboxylic acids is 2. The van der Waals surface area contributed by atoms with E-state index >= 15 is 0 Å². The zero-order valence-electron chi connectivity index (χ0n) is 18.1. The SMILES string of the molecule is CCOC(=O)C[C@H](NC(=O)OCC1c2ccccc2-c2ccccc21)C1CCCCC1. The first kappa shape index (κ1) is 21.4. The van der Waals surface area contributed by atoms with Gasteiger partial charge < -0.3 is 14.8 Å². The first-order valence-corrected chi connectivity index (χ1v) is 11.4. The van der Waals surface area contributed by atoms with E-state index in [1.165, 1.54) is 28.7 Å². The molecule has 2 aliphatic rings. The number of fused-ring (bicyclic) bond motifs is 3. The van der Waals surface area contributed by atoms with Crippen LogP contribution in [-0.4, -0.2) is 31.3 Å². The Morgan fingerprint density at radius 1 is 0.935 bits per heavy atom. The van der Waals surface area contributed by atoms with Gasteiger partial charge in [-0.1, -0.05) is 67.8 Å². The summed E-state index contributed by atoms with van der Waals surface area (Å²) in [5.41, 5.74) is 4.78. The van der Waals surface area contributed by atoms with Crippen molar-refractivity contribution in [1.82, 2.24) is 5.32 Å². The average molecular weight is 422 g/mol. The molecule has 4 rings (SSSR count). The van der Waals surface area contributed by atoms with Gasteiger partial charge in [0, 0.05) is 12.0 Å². The van der Waals surface area contributed by atoms with Gasteiger partial charge in [0.2, 0.25) is 0 Å². The molecule has 1 fully saturated rings. The van der Waals surface area contributed by atoms with Crippen LogP contribution in [0.1, 0.15) is 62.5 Å². The van der Waals surface area contributed by atoms with Crippen molar-refractivity contribution in [1.29, 1.82) is 0 Å². The van der Waals surface area contributed by atoms with Gasteiger partial charge in [-0.25, -0.2) is 4.79 Å². The number of nitrogens with one attached hydrogen (secondary N) is 1. The van der Waals surface area contributed by atoms with Gasteiger partial charge in [-0.05, 0) is 47.9 Å². The molecule has 2 aliphatic carbocycles. The van der Waals surface area contributed by atoms with Crippen LogP contribution in [0, 0.1) is 5.92 Å². The highest BCUT2D eigenvalue weighted by Gasteiger charge is 2.31. The number of hydrogen-bond acceptors (Lipinski definition) is 4. The molecular formula is C26H31NO4. The Labute approximate surface area is 184 Å². The predicted octanol–water partition coefficient (Wildman–Crippen LogP) is 5.43. The molecule has 2 aromatic carbocycles. The van der Waals surface area contributed by atoms with Crippen molar-refractivity contribution in [2.24, 2.45) is 5.92 Å². The highest BCUT2D eigenvalue weighted by molar-refractivity contribution is 5.79. The molecule has 0 spiro atoms. The minimum Gasteiger partial charge on any atom is -0.466 e. The quantitative estimate of drug-likeness (QED) is 0.606. The van der Waals surface area contributed by atoms with Gasteiger partial charge in [-0.2, -0.15) is 0 Å². The third kappa shape index (κ3) is 4.92. The highest BCUT2D eigenvalue weighted by atomic mass is 16.5. The Hall–Kier alpha value is -2.82. The van der Waals surface area contributed by atoms with Crippen LogP contribution >= 0.6 is 0 Å². The number of carbonyl (C=O) groups is 2. The molecular weight excluding hydrogens is 390 g/mol. The van der Waals surface area contributed by atoms with Gasteiger partial charge in [0.1, 0.15) is 6.61 Å². The van der Waals surface area contributed by atoms with E-state index in [9.17, 15) is 9.59 Å². The van der Waals surface area contributed by atoms with Gasteiger partial charge in [-0.3, -0.25) is 4.79 Å². The van der Waals surface area contributed by atoms with Crippen molar-refractivity contribution >= 4 is 12.1 Å². The third-order valence-electron chi connectivity index (χ3n) is 6.56. The van der Waals surface area contributed by atoms with E-state index in [2.05, 4.69) is 29.6 Å². The molecule has 0 unspecified atom stereocenters. The highest BCUT2D eigenvalue weighted by Crippen LogP contribution is 2.44. The number of ether oxygens (including phenoxy) is 2. The van der Waals surface area contributed by atoms with Crippen LogP contribution in [0.25, 0.3) is 11.1 Å². The molecule has 1 N–H and O–H groups in total. The van der Waals surface area contributed by atoms with Crippen LogP contribution in [-0.2, 0) is 14.3 Å². The Balaban J connectivity index is 1.42. The van der Waals surface area contributed by atoms with Gasteiger partial charge in [0.25, 0.3) is 0 Å².